The van der Waals surface area contributed by atoms with Gasteiger partial charge in [-0.3, -0.25) is 4.79 Å². The summed E-state index contributed by atoms with van der Waals surface area (Å²) >= 11 is 0. The number of aryl methyl sites for hydroxylation is 2. The van der Waals surface area contributed by atoms with Crippen molar-refractivity contribution in [3.63, 3.8) is 0 Å². The fraction of sp³-hybridized carbons (Fsp3) is 0.400. The van der Waals surface area contributed by atoms with Crippen LogP contribution in [0.1, 0.15) is 29.5 Å². The number of methoxy groups -OCH3 is 3. The molecule has 6 heteroatoms. The van der Waals surface area contributed by atoms with Gasteiger partial charge in [-0.05, 0) is 49.1 Å². The Morgan fingerprint density at radius 1 is 0.903 bits per heavy atom. The van der Waals surface area contributed by atoms with E-state index in [4.69, 9.17) is 18.9 Å². The van der Waals surface area contributed by atoms with Crippen LogP contribution in [-0.2, 0) is 4.79 Å². The maximum Gasteiger partial charge on any atom is 0.226 e. The van der Waals surface area contributed by atoms with Crippen LogP contribution in [0.25, 0.3) is 5.57 Å². The zero-order valence-corrected chi connectivity index (χ0v) is 19.0. The lowest BCUT2D eigenvalue weighted by atomic mass is 9.97. The first-order chi connectivity index (χ1) is 14.9. The number of rotatable bonds is 8. The van der Waals surface area contributed by atoms with E-state index in [1.165, 1.54) is 0 Å². The van der Waals surface area contributed by atoms with Gasteiger partial charge in [0.15, 0.2) is 0 Å². The van der Waals surface area contributed by atoms with Gasteiger partial charge < -0.3 is 23.8 Å². The highest BCUT2D eigenvalue weighted by Gasteiger charge is 2.23. The van der Waals surface area contributed by atoms with Crippen molar-refractivity contribution in [2.45, 2.75) is 26.7 Å². The molecule has 1 heterocycles. The Morgan fingerprint density at radius 2 is 1.55 bits per heavy atom. The summed E-state index contributed by atoms with van der Waals surface area (Å²) in [7, 11) is 4.88. The third-order valence-electron chi connectivity index (χ3n) is 5.38. The molecule has 0 unspecified atom stereocenters. The van der Waals surface area contributed by atoms with Gasteiger partial charge in [0.25, 0.3) is 0 Å². The zero-order valence-electron chi connectivity index (χ0n) is 19.0. The summed E-state index contributed by atoms with van der Waals surface area (Å²) in [4.78, 5) is 14.5. The summed E-state index contributed by atoms with van der Waals surface area (Å²) in [5.74, 6) is 2.97. The summed E-state index contributed by atoms with van der Waals surface area (Å²) in [6, 6.07) is 9.77. The molecule has 0 saturated carbocycles. The lowest BCUT2D eigenvalue weighted by molar-refractivity contribution is -0.131. The van der Waals surface area contributed by atoms with Crippen LogP contribution in [0.4, 0.5) is 0 Å². The van der Waals surface area contributed by atoms with E-state index in [2.05, 4.69) is 12.1 Å². The number of nitrogens with zero attached hydrogens (tertiary/aromatic N) is 1. The third kappa shape index (κ3) is 5.51. The standard InChI is InChI=1S/C25H31NO5/c1-17-12-18(2)14-21(13-17)31-11-8-24(27)26-9-6-19(7-10-26)25-22(29-4)15-20(28-3)16-23(25)30-5/h6,12-16H,7-11H2,1-5H3. The van der Waals surface area contributed by atoms with Crippen molar-refractivity contribution < 1.29 is 23.7 Å². The maximum atomic E-state index is 12.6. The number of hydrogen-bond acceptors (Lipinski definition) is 5. The fourth-order valence-electron chi connectivity index (χ4n) is 3.88. The number of carbonyl (C=O) groups is 1. The zero-order chi connectivity index (χ0) is 22.4. The molecule has 0 fully saturated rings. The van der Waals surface area contributed by atoms with Gasteiger partial charge >= 0.3 is 0 Å². The summed E-state index contributed by atoms with van der Waals surface area (Å²) in [6.45, 7) is 5.64. The topological polar surface area (TPSA) is 57.2 Å². The second-order valence-corrected chi connectivity index (χ2v) is 7.65. The van der Waals surface area contributed by atoms with Crippen molar-refractivity contribution in [1.82, 2.24) is 4.90 Å². The molecule has 1 aliphatic heterocycles. The van der Waals surface area contributed by atoms with Crippen molar-refractivity contribution >= 4 is 11.5 Å². The molecular formula is C25H31NO5. The SMILES string of the molecule is COc1cc(OC)c(C2=CCN(C(=O)CCOc3cc(C)cc(C)c3)CC2)c(OC)c1. The van der Waals surface area contributed by atoms with Crippen LogP contribution in [0.15, 0.2) is 36.4 Å². The molecular weight excluding hydrogens is 394 g/mol. The van der Waals surface area contributed by atoms with E-state index < -0.39 is 0 Å². The largest absolute Gasteiger partial charge is 0.496 e. The number of amides is 1. The molecule has 6 nitrogen and oxygen atoms in total. The summed E-state index contributed by atoms with van der Waals surface area (Å²) in [5.41, 5.74) is 4.32. The second-order valence-electron chi connectivity index (χ2n) is 7.65. The average Bonchev–Trinajstić information content (AvgIpc) is 2.77. The van der Waals surface area contributed by atoms with Crippen molar-refractivity contribution in [3.05, 3.63) is 53.1 Å². The molecule has 0 N–H and O–H groups in total. The lowest BCUT2D eigenvalue weighted by Gasteiger charge is -2.28. The van der Waals surface area contributed by atoms with Crippen LogP contribution < -0.4 is 18.9 Å². The van der Waals surface area contributed by atoms with Crippen LogP contribution in [0.3, 0.4) is 0 Å². The van der Waals surface area contributed by atoms with Crippen LogP contribution in [0.2, 0.25) is 0 Å². The van der Waals surface area contributed by atoms with E-state index in [9.17, 15) is 4.79 Å². The number of hydrogen-bond donors (Lipinski definition) is 0. The minimum Gasteiger partial charge on any atom is -0.496 e. The first-order valence-corrected chi connectivity index (χ1v) is 10.4. The molecule has 2 aromatic rings. The summed E-state index contributed by atoms with van der Waals surface area (Å²) < 4.78 is 22.3. The quantitative estimate of drug-likeness (QED) is 0.627. The molecule has 1 aliphatic rings. The molecule has 0 atom stereocenters. The molecule has 1 amide bonds. The Morgan fingerprint density at radius 3 is 2.06 bits per heavy atom. The first kappa shape index (κ1) is 22.5. The molecule has 166 valence electrons. The van der Waals surface area contributed by atoms with E-state index in [1.807, 2.05) is 43.0 Å². The normalized spacial score (nSPS) is 13.5. The van der Waals surface area contributed by atoms with Crippen LogP contribution in [0, 0.1) is 13.8 Å². The van der Waals surface area contributed by atoms with Crippen molar-refractivity contribution in [1.29, 1.82) is 0 Å². The number of ether oxygens (including phenoxy) is 4. The fourth-order valence-corrected chi connectivity index (χ4v) is 3.88. The minimum atomic E-state index is 0.0911. The summed E-state index contributed by atoms with van der Waals surface area (Å²) in [5, 5.41) is 0. The van der Waals surface area contributed by atoms with E-state index in [-0.39, 0.29) is 5.91 Å². The van der Waals surface area contributed by atoms with Gasteiger partial charge in [-0.1, -0.05) is 12.1 Å². The summed E-state index contributed by atoms with van der Waals surface area (Å²) in [6.07, 6.45) is 3.15. The third-order valence-corrected chi connectivity index (χ3v) is 5.38. The van der Waals surface area contributed by atoms with Gasteiger partial charge in [0.1, 0.15) is 23.0 Å². The molecule has 0 saturated heterocycles. The molecule has 0 bridgehead atoms. The Hall–Kier alpha value is -3.15. The van der Waals surface area contributed by atoms with Crippen molar-refractivity contribution in [2.24, 2.45) is 0 Å². The maximum absolute atomic E-state index is 12.6. The highest BCUT2D eigenvalue weighted by atomic mass is 16.5. The molecule has 0 spiro atoms. The van der Waals surface area contributed by atoms with E-state index in [1.54, 1.807) is 21.3 Å². The van der Waals surface area contributed by atoms with Gasteiger partial charge in [-0.15, -0.1) is 0 Å². The van der Waals surface area contributed by atoms with Gasteiger partial charge in [0.2, 0.25) is 5.91 Å². The van der Waals surface area contributed by atoms with Gasteiger partial charge in [0, 0.05) is 25.2 Å². The lowest BCUT2D eigenvalue weighted by Crippen LogP contribution is -2.35. The van der Waals surface area contributed by atoms with Crippen molar-refractivity contribution in [3.8, 4) is 23.0 Å². The van der Waals surface area contributed by atoms with Crippen LogP contribution in [0.5, 0.6) is 23.0 Å². The van der Waals surface area contributed by atoms with E-state index >= 15 is 0 Å². The Kier molecular flexibility index (Phi) is 7.45. The van der Waals surface area contributed by atoms with Crippen molar-refractivity contribution in [2.75, 3.05) is 41.0 Å². The Bertz CT molecular complexity index is 921. The molecule has 2 aromatic carbocycles. The number of benzene rings is 2. The Labute approximate surface area is 184 Å². The smallest absolute Gasteiger partial charge is 0.226 e. The second kappa shape index (κ2) is 10.2. The minimum absolute atomic E-state index is 0.0911. The highest BCUT2D eigenvalue weighted by molar-refractivity contribution is 5.81. The number of carbonyl (C=O) groups excluding carboxylic acids is 1. The predicted octanol–water partition coefficient (Wildman–Crippen LogP) is 4.41. The Balaban J connectivity index is 1.62. The van der Waals surface area contributed by atoms with E-state index in [0.29, 0.717) is 43.4 Å². The van der Waals surface area contributed by atoms with Crippen LogP contribution in [-0.4, -0.2) is 51.8 Å². The molecule has 0 aliphatic carbocycles. The van der Waals surface area contributed by atoms with Gasteiger partial charge in [-0.25, -0.2) is 0 Å². The van der Waals surface area contributed by atoms with Gasteiger partial charge in [-0.2, -0.15) is 0 Å². The van der Waals surface area contributed by atoms with E-state index in [0.717, 1.165) is 34.4 Å². The highest BCUT2D eigenvalue weighted by Crippen LogP contribution is 2.40. The average molecular weight is 426 g/mol. The monoisotopic (exact) mass is 425 g/mol. The molecule has 31 heavy (non-hydrogen) atoms. The molecule has 0 aromatic heterocycles. The van der Waals surface area contributed by atoms with Crippen LogP contribution >= 0.6 is 0 Å². The predicted molar refractivity (Wildman–Crippen MR) is 121 cm³/mol. The molecule has 3 rings (SSSR count). The first-order valence-electron chi connectivity index (χ1n) is 10.4. The molecule has 0 radical (unpaired) electrons. The van der Waals surface area contributed by atoms with Gasteiger partial charge in [0.05, 0.1) is 39.9 Å².